The van der Waals surface area contributed by atoms with Gasteiger partial charge >= 0.3 is 6.18 Å². The van der Waals surface area contributed by atoms with Crippen molar-refractivity contribution in [3.63, 3.8) is 0 Å². The summed E-state index contributed by atoms with van der Waals surface area (Å²) in [7, 11) is -3.86. The third kappa shape index (κ3) is 4.68. The molecule has 0 aromatic heterocycles. The number of sulfonamides is 1. The van der Waals surface area contributed by atoms with E-state index in [1.165, 1.54) is 27.4 Å². The third-order valence-corrected chi connectivity index (χ3v) is 7.78. The van der Waals surface area contributed by atoms with Crippen LogP contribution >= 0.6 is 23.2 Å². The topological polar surface area (TPSA) is 86.8 Å². The van der Waals surface area contributed by atoms with E-state index in [4.69, 9.17) is 23.2 Å². The number of amides is 2. The van der Waals surface area contributed by atoms with E-state index in [0.29, 0.717) is 0 Å². The van der Waals surface area contributed by atoms with Gasteiger partial charge in [-0.3, -0.25) is 9.59 Å². The molecule has 0 spiro atoms. The van der Waals surface area contributed by atoms with Gasteiger partial charge < -0.3 is 10.2 Å². The zero-order valence-corrected chi connectivity index (χ0v) is 17.8. The van der Waals surface area contributed by atoms with Gasteiger partial charge in [0.1, 0.15) is 12.0 Å². The molecule has 0 aliphatic carbocycles. The minimum atomic E-state index is -4.56. The van der Waals surface area contributed by atoms with E-state index < -0.39 is 40.0 Å². The number of benzene rings is 1. The lowest BCUT2D eigenvalue weighted by Gasteiger charge is -2.37. The monoisotopic (exact) mass is 487 g/mol. The molecule has 13 heteroatoms. The Morgan fingerprint density at radius 2 is 1.70 bits per heavy atom. The van der Waals surface area contributed by atoms with Gasteiger partial charge in [0.15, 0.2) is 0 Å². The second-order valence-electron chi connectivity index (χ2n) is 7.04. The zero-order chi connectivity index (χ0) is 22.3. The van der Waals surface area contributed by atoms with Gasteiger partial charge in [-0.15, -0.1) is 0 Å². The molecular formula is C17H18Cl2F3N3O4S. The van der Waals surface area contributed by atoms with E-state index in [1.807, 2.05) is 5.32 Å². The molecule has 2 fully saturated rings. The maximum Gasteiger partial charge on any atom is 0.408 e. The van der Waals surface area contributed by atoms with Crippen LogP contribution in [0, 0.1) is 5.92 Å². The first-order valence-electron chi connectivity index (χ1n) is 9.02. The van der Waals surface area contributed by atoms with E-state index in [9.17, 15) is 31.2 Å². The van der Waals surface area contributed by atoms with Crippen LogP contribution in [0.5, 0.6) is 0 Å². The zero-order valence-electron chi connectivity index (χ0n) is 15.5. The number of hydrogen-bond acceptors (Lipinski definition) is 4. The number of rotatable bonds is 3. The molecule has 3 rings (SSSR count). The lowest BCUT2D eigenvalue weighted by molar-refractivity contribution is -0.172. The number of halogens is 5. The summed E-state index contributed by atoms with van der Waals surface area (Å²) in [4.78, 5) is 25.9. The average Bonchev–Trinajstić information content (AvgIpc) is 2.68. The van der Waals surface area contributed by atoms with Crippen molar-refractivity contribution in [3.8, 4) is 0 Å². The molecule has 0 radical (unpaired) electrons. The molecule has 1 aromatic rings. The Morgan fingerprint density at radius 1 is 1.07 bits per heavy atom. The maximum atomic E-state index is 12.8. The lowest BCUT2D eigenvalue weighted by Crippen LogP contribution is -2.57. The van der Waals surface area contributed by atoms with Gasteiger partial charge in [-0.1, -0.05) is 23.2 Å². The standard InChI is InChI=1S/C17H18Cl2F3N3O4S/c18-12-3-1-10(9-13(12)19)30(28,29)25-7-5-24(6-8-25)16(27)11-2-4-14(17(20,21)22)23-15(11)26/h1,3,9,11,14H,2,4-8H2,(H,23,26). The van der Waals surface area contributed by atoms with Crippen molar-refractivity contribution in [2.45, 2.75) is 30.0 Å². The second kappa shape index (κ2) is 8.52. The summed E-state index contributed by atoms with van der Waals surface area (Å²) < 4.78 is 65.0. The van der Waals surface area contributed by atoms with Crippen molar-refractivity contribution in [3.05, 3.63) is 28.2 Å². The molecule has 2 unspecified atom stereocenters. The first-order valence-corrected chi connectivity index (χ1v) is 11.2. The van der Waals surface area contributed by atoms with Crippen molar-refractivity contribution in [1.82, 2.24) is 14.5 Å². The second-order valence-corrected chi connectivity index (χ2v) is 9.79. The molecule has 2 saturated heterocycles. The molecule has 1 N–H and O–H groups in total. The Morgan fingerprint density at radius 3 is 2.23 bits per heavy atom. The molecule has 2 aliphatic heterocycles. The molecule has 7 nitrogen and oxygen atoms in total. The highest BCUT2D eigenvalue weighted by molar-refractivity contribution is 7.89. The lowest BCUT2D eigenvalue weighted by atomic mass is 9.92. The van der Waals surface area contributed by atoms with Crippen LogP contribution in [0.3, 0.4) is 0 Å². The van der Waals surface area contributed by atoms with E-state index >= 15 is 0 Å². The largest absolute Gasteiger partial charge is 0.408 e. The Labute approximate surface area is 181 Å². The highest BCUT2D eigenvalue weighted by Gasteiger charge is 2.47. The molecule has 0 saturated carbocycles. The van der Waals surface area contributed by atoms with E-state index in [1.54, 1.807) is 0 Å². The fourth-order valence-electron chi connectivity index (χ4n) is 3.45. The number of alkyl halides is 3. The van der Waals surface area contributed by atoms with Crippen LogP contribution in [-0.4, -0.2) is 67.8 Å². The summed E-state index contributed by atoms with van der Waals surface area (Å²) in [6, 6.07) is 1.97. The Bertz CT molecular complexity index is 950. The average molecular weight is 488 g/mol. The molecule has 2 amide bonds. The SMILES string of the molecule is O=C1NC(C(F)(F)F)CCC1C(=O)N1CCN(S(=O)(=O)c2ccc(Cl)c(Cl)c2)CC1. The first kappa shape index (κ1) is 23.1. The highest BCUT2D eigenvalue weighted by atomic mass is 35.5. The minimum Gasteiger partial charge on any atom is -0.344 e. The number of nitrogens with one attached hydrogen (secondary N) is 1. The van der Waals surface area contributed by atoms with Crippen LogP contribution in [0.1, 0.15) is 12.8 Å². The molecule has 2 aliphatic rings. The molecule has 166 valence electrons. The number of piperidine rings is 1. The van der Waals surface area contributed by atoms with Gasteiger partial charge in [0.25, 0.3) is 0 Å². The maximum absolute atomic E-state index is 12.8. The Balaban J connectivity index is 1.62. The fraction of sp³-hybridized carbons (Fsp3) is 0.529. The molecule has 2 atom stereocenters. The molecule has 1 aromatic carbocycles. The van der Waals surface area contributed by atoms with Crippen LogP contribution in [-0.2, 0) is 19.6 Å². The molecule has 30 heavy (non-hydrogen) atoms. The van der Waals surface area contributed by atoms with E-state index in [2.05, 4.69) is 0 Å². The van der Waals surface area contributed by atoms with Gasteiger partial charge in [0.05, 0.1) is 14.9 Å². The van der Waals surface area contributed by atoms with Crippen LogP contribution in [0.2, 0.25) is 10.0 Å². The normalized spacial score (nSPS) is 23.9. The smallest absolute Gasteiger partial charge is 0.344 e. The van der Waals surface area contributed by atoms with E-state index in [-0.39, 0.29) is 54.0 Å². The van der Waals surface area contributed by atoms with Crippen molar-refractivity contribution < 1.29 is 31.2 Å². The Kier molecular flexibility index (Phi) is 6.57. The van der Waals surface area contributed by atoms with Gasteiger partial charge in [-0.25, -0.2) is 8.42 Å². The number of carbonyl (C=O) groups excluding carboxylic acids is 2. The van der Waals surface area contributed by atoms with Crippen molar-refractivity contribution >= 4 is 45.0 Å². The number of nitrogens with zero attached hydrogens (tertiary/aromatic N) is 2. The quantitative estimate of drug-likeness (QED) is 0.662. The van der Waals surface area contributed by atoms with Gasteiger partial charge in [0, 0.05) is 26.2 Å². The summed E-state index contributed by atoms with van der Waals surface area (Å²) in [6.45, 7) is -0.000598. The summed E-state index contributed by atoms with van der Waals surface area (Å²) in [5.74, 6) is -2.76. The number of hydrogen-bond donors (Lipinski definition) is 1. The van der Waals surface area contributed by atoms with Gasteiger partial charge in [-0.05, 0) is 31.0 Å². The van der Waals surface area contributed by atoms with Crippen LogP contribution < -0.4 is 5.32 Å². The summed E-state index contributed by atoms with van der Waals surface area (Å²) in [5.41, 5.74) is 0. The van der Waals surface area contributed by atoms with Crippen LogP contribution in [0.25, 0.3) is 0 Å². The first-order chi connectivity index (χ1) is 13.9. The number of piperazine rings is 1. The predicted octanol–water partition coefficient (Wildman–Crippen LogP) is 2.28. The highest BCUT2D eigenvalue weighted by Crippen LogP contribution is 2.30. The summed E-state index contributed by atoms with van der Waals surface area (Å²) in [6.07, 6.45) is -5.15. The van der Waals surface area contributed by atoms with Crippen molar-refractivity contribution in [1.29, 1.82) is 0 Å². The van der Waals surface area contributed by atoms with E-state index in [0.717, 1.165) is 0 Å². The Hall–Kier alpha value is -1.56. The molecule has 2 heterocycles. The van der Waals surface area contributed by atoms with Gasteiger partial charge in [-0.2, -0.15) is 17.5 Å². The van der Waals surface area contributed by atoms with Gasteiger partial charge in [0.2, 0.25) is 21.8 Å². The fourth-order valence-corrected chi connectivity index (χ4v) is 5.26. The number of carbonyl (C=O) groups is 2. The third-order valence-electron chi connectivity index (χ3n) is 5.15. The molecule has 0 bridgehead atoms. The summed E-state index contributed by atoms with van der Waals surface area (Å²) in [5, 5.41) is 2.15. The predicted molar refractivity (Wildman–Crippen MR) is 103 cm³/mol. The van der Waals surface area contributed by atoms with Crippen molar-refractivity contribution in [2.75, 3.05) is 26.2 Å². The summed E-state index contributed by atoms with van der Waals surface area (Å²) >= 11 is 11.7. The molecular weight excluding hydrogens is 470 g/mol. The van der Waals surface area contributed by atoms with Crippen LogP contribution in [0.15, 0.2) is 23.1 Å². The van der Waals surface area contributed by atoms with Crippen molar-refractivity contribution in [2.24, 2.45) is 5.92 Å². The van der Waals surface area contributed by atoms with Crippen LogP contribution in [0.4, 0.5) is 13.2 Å². The minimum absolute atomic E-state index is 0.0197.